The number of nitrogens with one attached hydrogen (secondary N) is 2. The lowest BCUT2D eigenvalue weighted by Gasteiger charge is -2.04. The zero-order valence-electron chi connectivity index (χ0n) is 10.2. The molecule has 0 spiro atoms. The minimum Gasteiger partial charge on any atom is -0.348 e. The van der Waals surface area contributed by atoms with Crippen LogP contribution in [0.1, 0.15) is 5.01 Å². The molecule has 0 unspecified atom stereocenters. The molecule has 0 aliphatic carbocycles. The standard InChI is InChI=1S/C12H14N4O2S/c13-5-10(17)14-6-11(18)15-7-12-16-8-3-1-2-4-9(8)19-12/h1-4H,5-7,13H2,(H,14,17)(H,15,18). The minimum atomic E-state index is -0.352. The van der Waals surface area contributed by atoms with Crippen molar-refractivity contribution in [2.45, 2.75) is 6.54 Å². The van der Waals surface area contributed by atoms with Gasteiger partial charge in [-0.25, -0.2) is 4.98 Å². The highest BCUT2D eigenvalue weighted by atomic mass is 32.1. The third kappa shape index (κ3) is 3.73. The van der Waals surface area contributed by atoms with Crippen molar-refractivity contribution in [3.63, 3.8) is 0 Å². The van der Waals surface area contributed by atoms with Crippen molar-refractivity contribution >= 4 is 33.4 Å². The molecule has 6 nitrogen and oxygen atoms in total. The smallest absolute Gasteiger partial charge is 0.239 e. The van der Waals surface area contributed by atoms with Crippen LogP contribution in [0.5, 0.6) is 0 Å². The molecule has 1 heterocycles. The van der Waals surface area contributed by atoms with Crippen molar-refractivity contribution < 1.29 is 9.59 Å². The molecule has 0 radical (unpaired) electrons. The Morgan fingerprint density at radius 2 is 2.00 bits per heavy atom. The van der Waals surface area contributed by atoms with Gasteiger partial charge in [0.25, 0.3) is 0 Å². The van der Waals surface area contributed by atoms with Crippen molar-refractivity contribution in [3.05, 3.63) is 29.3 Å². The molecule has 2 amide bonds. The van der Waals surface area contributed by atoms with Gasteiger partial charge in [0.05, 0.1) is 29.9 Å². The van der Waals surface area contributed by atoms with E-state index in [4.69, 9.17) is 5.73 Å². The third-order valence-electron chi connectivity index (χ3n) is 2.41. The summed E-state index contributed by atoms with van der Waals surface area (Å²) in [6, 6.07) is 7.79. The Hall–Kier alpha value is -1.99. The van der Waals surface area contributed by atoms with E-state index in [1.807, 2.05) is 24.3 Å². The van der Waals surface area contributed by atoms with E-state index >= 15 is 0 Å². The van der Waals surface area contributed by atoms with Crippen LogP contribution in [-0.4, -0.2) is 29.9 Å². The largest absolute Gasteiger partial charge is 0.348 e. The number of hydrogen-bond acceptors (Lipinski definition) is 5. The lowest BCUT2D eigenvalue weighted by Crippen LogP contribution is -2.39. The van der Waals surface area contributed by atoms with Crippen molar-refractivity contribution in [3.8, 4) is 0 Å². The summed E-state index contributed by atoms with van der Waals surface area (Å²) in [5.74, 6) is -0.615. The van der Waals surface area contributed by atoms with Gasteiger partial charge in [0.15, 0.2) is 0 Å². The van der Waals surface area contributed by atoms with Crippen LogP contribution in [0.3, 0.4) is 0 Å². The van der Waals surface area contributed by atoms with Gasteiger partial charge in [-0.2, -0.15) is 0 Å². The van der Waals surface area contributed by atoms with Crippen LogP contribution in [0.2, 0.25) is 0 Å². The molecular formula is C12H14N4O2S. The van der Waals surface area contributed by atoms with Crippen LogP contribution in [0.4, 0.5) is 0 Å². The third-order valence-corrected chi connectivity index (χ3v) is 3.44. The molecular weight excluding hydrogens is 264 g/mol. The zero-order valence-corrected chi connectivity index (χ0v) is 11.0. The number of carbonyl (C=O) groups is 2. The molecule has 0 saturated heterocycles. The first-order valence-electron chi connectivity index (χ1n) is 5.77. The molecule has 2 aromatic rings. The van der Waals surface area contributed by atoms with Gasteiger partial charge < -0.3 is 16.4 Å². The molecule has 4 N–H and O–H groups in total. The van der Waals surface area contributed by atoms with E-state index in [1.54, 1.807) is 0 Å². The molecule has 7 heteroatoms. The van der Waals surface area contributed by atoms with Crippen LogP contribution >= 0.6 is 11.3 Å². The summed E-state index contributed by atoms with van der Waals surface area (Å²) in [6.07, 6.45) is 0. The number of nitrogens with two attached hydrogens (primary N) is 1. The fourth-order valence-corrected chi connectivity index (χ4v) is 2.39. The maximum absolute atomic E-state index is 11.5. The molecule has 1 aromatic heterocycles. The van der Waals surface area contributed by atoms with E-state index in [-0.39, 0.29) is 24.9 Å². The Labute approximate surface area is 114 Å². The molecule has 0 atom stereocenters. The number of nitrogens with zero attached hydrogens (tertiary/aromatic N) is 1. The van der Waals surface area contributed by atoms with E-state index in [1.165, 1.54) is 11.3 Å². The first-order valence-corrected chi connectivity index (χ1v) is 6.58. The second-order valence-corrected chi connectivity index (χ2v) is 4.95. The molecule has 2 rings (SSSR count). The normalized spacial score (nSPS) is 10.4. The SMILES string of the molecule is NCC(=O)NCC(=O)NCc1nc2ccccc2s1. The maximum atomic E-state index is 11.5. The Morgan fingerprint density at radius 1 is 1.21 bits per heavy atom. The number of hydrogen-bond donors (Lipinski definition) is 3. The lowest BCUT2D eigenvalue weighted by atomic mass is 10.3. The van der Waals surface area contributed by atoms with E-state index < -0.39 is 0 Å². The minimum absolute atomic E-state index is 0.0685. The number of fused-ring (bicyclic) bond motifs is 1. The Kier molecular flexibility index (Phi) is 4.43. The van der Waals surface area contributed by atoms with E-state index in [9.17, 15) is 9.59 Å². The van der Waals surface area contributed by atoms with Gasteiger partial charge in [0.1, 0.15) is 5.01 Å². The van der Waals surface area contributed by atoms with Crippen LogP contribution < -0.4 is 16.4 Å². The van der Waals surface area contributed by atoms with Gasteiger partial charge in [-0.15, -0.1) is 11.3 Å². The van der Waals surface area contributed by atoms with Gasteiger partial charge in [0, 0.05) is 0 Å². The molecule has 1 aromatic carbocycles. The Bertz CT molecular complexity index is 563. The summed E-state index contributed by atoms with van der Waals surface area (Å²) >= 11 is 1.53. The van der Waals surface area contributed by atoms with E-state index in [2.05, 4.69) is 15.6 Å². The van der Waals surface area contributed by atoms with Gasteiger partial charge in [-0.05, 0) is 12.1 Å². The highest BCUT2D eigenvalue weighted by Gasteiger charge is 2.06. The summed E-state index contributed by atoms with van der Waals surface area (Å²) in [6.45, 7) is 0.169. The second kappa shape index (κ2) is 6.26. The number of carbonyl (C=O) groups excluding carboxylic acids is 2. The quantitative estimate of drug-likeness (QED) is 0.716. The molecule has 100 valence electrons. The summed E-state index contributed by atoms with van der Waals surface area (Å²) in [5.41, 5.74) is 6.04. The first kappa shape index (κ1) is 13.4. The number of amides is 2. The molecule has 0 fully saturated rings. The van der Waals surface area contributed by atoms with Crippen molar-refractivity contribution in [2.75, 3.05) is 13.1 Å². The summed E-state index contributed by atoms with van der Waals surface area (Å²) < 4.78 is 1.09. The number of para-hydroxylation sites is 1. The molecule has 19 heavy (non-hydrogen) atoms. The van der Waals surface area contributed by atoms with Gasteiger partial charge in [0.2, 0.25) is 11.8 Å². The fraction of sp³-hybridized carbons (Fsp3) is 0.250. The average molecular weight is 278 g/mol. The van der Waals surface area contributed by atoms with E-state index in [0.717, 1.165) is 15.2 Å². The van der Waals surface area contributed by atoms with Crippen molar-refractivity contribution in [1.29, 1.82) is 0 Å². The second-order valence-electron chi connectivity index (χ2n) is 3.83. The maximum Gasteiger partial charge on any atom is 0.239 e. The monoisotopic (exact) mass is 278 g/mol. The summed E-state index contributed by atoms with van der Waals surface area (Å²) in [7, 11) is 0. The summed E-state index contributed by atoms with van der Waals surface area (Å²) in [4.78, 5) is 26.7. The average Bonchev–Trinajstić information content (AvgIpc) is 2.85. The molecule has 0 aliphatic heterocycles. The van der Waals surface area contributed by atoms with Crippen LogP contribution in [0.15, 0.2) is 24.3 Å². The van der Waals surface area contributed by atoms with Gasteiger partial charge in [-0.3, -0.25) is 9.59 Å². The van der Waals surface area contributed by atoms with Crippen LogP contribution in [0, 0.1) is 0 Å². The number of thiazole rings is 1. The van der Waals surface area contributed by atoms with Crippen molar-refractivity contribution in [2.24, 2.45) is 5.73 Å². The number of benzene rings is 1. The van der Waals surface area contributed by atoms with Crippen LogP contribution in [-0.2, 0) is 16.1 Å². The number of aromatic nitrogens is 1. The molecule has 0 bridgehead atoms. The number of rotatable bonds is 5. The van der Waals surface area contributed by atoms with Crippen LogP contribution in [0.25, 0.3) is 10.2 Å². The highest BCUT2D eigenvalue weighted by Crippen LogP contribution is 2.21. The Morgan fingerprint density at radius 3 is 2.74 bits per heavy atom. The summed E-state index contributed by atoms with van der Waals surface area (Å²) in [5, 5.41) is 5.93. The zero-order chi connectivity index (χ0) is 13.7. The Balaban J connectivity index is 1.84. The predicted molar refractivity (Wildman–Crippen MR) is 73.5 cm³/mol. The fourth-order valence-electron chi connectivity index (χ4n) is 1.48. The molecule has 0 aliphatic rings. The lowest BCUT2D eigenvalue weighted by molar-refractivity contribution is -0.125. The van der Waals surface area contributed by atoms with Crippen molar-refractivity contribution in [1.82, 2.24) is 15.6 Å². The first-order chi connectivity index (χ1) is 9.19. The highest BCUT2D eigenvalue weighted by molar-refractivity contribution is 7.18. The topological polar surface area (TPSA) is 97.1 Å². The van der Waals surface area contributed by atoms with Gasteiger partial charge >= 0.3 is 0 Å². The van der Waals surface area contributed by atoms with E-state index in [0.29, 0.717) is 6.54 Å². The van der Waals surface area contributed by atoms with Gasteiger partial charge in [-0.1, -0.05) is 12.1 Å². The predicted octanol–water partition coefficient (Wildman–Crippen LogP) is -0.0126. The molecule has 0 saturated carbocycles.